The first kappa shape index (κ1) is 18.9. The zero-order chi connectivity index (χ0) is 18.2. The van der Waals surface area contributed by atoms with Gasteiger partial charge in [-0.1, -0.05) is 18.2 Å². The summed E-state index contributed by atoms with van der Waals surface area (Å²) in [5.74, 6) is -0.601. The van der Waals surface area contributed by atoms with E-state index >= 15 is 0 Å². The van der Waals surface area contributed by atoms with Crippen LogP contribution in [0.1, 0.15) is 27.9 Å². The normalized spacial score (nSPS) is 10.2. The Bertz CT molecular complexity index is 748. The quantitative estimate of drug-likeness (QED) is 0.466. The predicted octanol–water partition coefficient (Wildman–Crippen LogP) is 3.84. The average molecular weight is 360 g/mol. The van der Waals surface area contributed by atoms with Crippen molar-refractivity contribution >= 4 is 29.0 Å². The molecule has 2 N–H and O–H groups in total. The van der Waals surface area contributed by atoms with Gasteiger partial charge in [-0.15, -0.1) is 0 Å². The number of hydrogen-bond donors (Lipinski definition) is 2. The first-order valence-electron chi connectivity index (χ1n) is 7.98. The van der Waals surface area contributed by atoms with Crippen molar-refractivity contribution in [2.75, 3.05) is 19.0 Å². The predicted molar refractivity (Wildman–Crippen MR) is 101 cm³/mol. The van der Waals surface area contributed by atoms with Crippen LogP contribution in [0.5, 0.6) is 0 Å². The van der Waals surface area contributed by atoms with E-state index in [9.17, 15) is 9.18 Å². The van der Waals surface area contributed by atoms with Crippen molar-refractivity contribution in [2.24, 2.45) is 0 Å². The lowest BCUT2D eigenvalue weighted by Gasteiger charge is -2.14. The maximum atomic E-state index is 12.9. The third-order valence-electron chi connectivity index (χ3n) is 3.83. The molecule has 0 radical (unpaired) electrons. The standard InChI is InChI=1S/C19H21FN2O2S/c1-13-16(18(23)24-2)6-3-7-17(13)22-19(25)21-12-4-5-14-8-10-15(20)11-9-14/h3,6-11H,4-5,12H2,1-2H3,(H2,21,22,25). The minimum absolute atomic E-state index is 0.225. The van der Waals surface area contributed by atoms with E-state index in [4.69, 9.17) is 17.0 Å². The second-order valence-corrected chi connectivity index (χ2v) is 5.99. The second-order valence-electron chi connectivity index (χ2n) is 5.58. The molecule has 6 heteroatoms. The molecule has 132 valence electrons. The summed E-state index contributed by atoms with van der Waals surface area (Å²) in [6.45, 7) is 2.53. The van der Waals surface area contributed by atoms with Gasteiger partial charge in [0.1, 0.15) is 5.82 Å². The molecule has 0 heterocycles. The van der Waals surface area contributed by atoms with E-state index in [2.05, 4.69) is 10.6 Å². The number of esters is 1. The Balaban J connectivity index is 1.82. The first-order valence-corrected chi connectivity index (χ1v) is 8.39. The molecule has 0 atom stereocenters. The van der Waals surface area contributed by atoms with Crippen LogP contribution in [0, 0.1) is 12.7 Å². The smallest absolute Gasteiger partial charge is 0.338 e. The van der Waals surface area contributed by atoms with Crippen LogP contribution < -0.4 is 10.6 Å². The van der Waals surface area contributed by atoms with Gasteiger partial charge in [0, 0.05) is 12.2 Å². The minimum atomic E-state index is -0.376. The summed E-state index contributed by atoms with van der Waals surface area (Å²) in [6.07, 6.45) is 1.71. The number of nitrogens with one attached hydrogen (secondary N) is 2. The van der Waals surface area contributed by atoms with Crippen LogP contribution in [0.2, 0.25) is 0 Å². The van der Waals surface area contributed by atoms with E-state index in [0.29, 0.717) is 17.2 Å². The van der Waals surface area contributed by atoms with Crippen molar-refractivity contribution in [1.29, 1.82) is 0 Å². The number of carbonyl (C=O) groups is 1. The van der Waals surface area contributed by atoms with E-state index in [1.54, 1.807) is 24.3 Å². The Labute approximate surface area is 152 Å². The van der Waals surface area contributed by atoms with Crippen LogP contribution in [0.25, 0.3) is 0 Å². The third-order valence-corrected chi connectivity index (χ3v) is 4.07. The molecule has 2 aromatic rings. The molecule has 0 aliphatic rings. The van der Waals surface area contributed by atoms with Gasteiger partial charge >= 0.3 is 5.97 Å². The lowest BCUT2D eigenvalue weighted by molar-refractivity contribution is 0.0600. The maximum absolute atomic E-state index is 12.9. The molecular weight excluding hydrogens is 339 g/mol. The van der Waals surface area contributed by atoms with E-state index in [1.807, 2.05) is 13.0 Å². The number of methoxy groups -OCH3 is 1. The largest absolute Gasteiger partial charge is 0.465 e. The molecular formula is C19H21FN2O2S. The molecule has 0 fully saturated rings. The lowest BCUT2D eigenvalue weighted by atomic mass is 10.1. The molecule has 2 aromatic carbocycles. The Morgan fingerprint density at radius 2 is 1.92 bits per heavy atom. The SMILES string of the molecule is COC(=O)c1cccc(NC(=S)NCCCc2ccc(F)cc2)c1C. The van der Waals surface area contributed by atoms with Crippen molar-refractivity contribution in [3.8, 4) is 0 Å². The van der Waals surface area contributed by atoms with Crippen LogP contribution in [-0.4, -0.2) is 24.7 Å². The fraction of sp³-hybridized carbons (Fsp3) is 0.263. The lowest BCUT2D eigenvalue weighted by Crippen LogP contribution is -2.30. The fourth-order valence-electron chi connectivity index (χ4n) is 2.41. The molecule has 0 aliphatic heterocycles. The Hall–Kier alpha value is -2.47. The number of rotatable bonds is 6. The van der Waals surface area contributed by atoms with Crippen molar-refractivity contribution in [3.63, 3.8) is 0 Å². The van der Waals surface area contributed by atoms with Gasteiger partial charge < -0.3 is 15.4 Å². The molecule has 0 saturated heterocycles. The summed E-state index contributed by atoms with van der Waals surface area (Å²) in [5, 5.41) is 6.72. The maximum Gasteiger partial charge on any atom is 0.338 e. The highest BCUT2D eigenvalue weighted by molar-refractivity contribution is 7.80. The van der Waals surface area contributed by atoms with E-state index < -0.39 is 0 Å². The fourth-order valence-corrected chi connectivity index (χ4v) is 2.63. The van der Waals surface area contributed by atoms with Gasteiger partial charge in [0.15, 0.2) is 5.11 Å². The number of benzene rings is 2. The second kappa shape index (κ2) is 9.13. The van der Waals surface area contributed by atoms with Gasteiger partial charge in [-0.2, -0.15) is 0 Å². The van der Waals surface area contributed by atoms with Crippen LogP contribution in [-0.2, 0) is 11.2 Å². The van der Waals surface area contributed by atoms with Gasteiger partial charge in [0.25, 0.3) is 0 Å². The number of aryl methyl sites for hydroxylation is 1. The summed E-state index contributed by atoms with van der Waals surface area (Å²) in [4.78, 5) is 11.7. The number of hydrogen-bond acceptors (Lipinski definition) is 3. The minimum Gasteiger partial charge on any atom is -0.465 e. The summed E-state index contributed by atoms with van der Waals surface area (Å²) < 4.78 is 17.6. The van der Waals surface area contributed by atoms with Crippen LogP contribution >= 0.6 is 12.2 Å². The zero-order valence-electron chi connectivity index (χ0n) is 14.3. The zero-order valence-corrected chi connectivity index (χ0v) is 15.1. The van der Waals surface area contributed by atoms with Crippen molar-refractivity contribution in [2.45, 2.75) is 19.8 Å². The Morgan fingerprint density at radius 3 is 2.60 bits per heavy atom. The number of halogens is 1. The molecule has 0 spiro atoms. The molecule has 0 bridgehead atoms. The molecule has 25 heavy (non-hydrogen) atoms. The number of thiocarbonyl (C=S) groups is 1. The highest BCUT2D eigenvalue weighted by Crippen LogP contribution is 2.19. The van der Waals surface area contributed by atoms with Crippen LogP contribution in [0.3, 0.4) is 0 Å². The summed E-state index contributed by atoms with van der Waals surface area (Å²) in [5.41, 5.74) is 3.14. The van der Waals surface area contributed by atoms with E-state index in [0.717, 1.165) is 29.7 Å². The highest BCUT2D eigenvalue weighted by Gasteiger charge is 2.12. The molecule has 0 amide bonds. The van der Waals surface area contributed by atoms with Gasteiger partial charge in [0.05, 0.1) is 12.7 Å². The topological polar surface area (TPSA) is 50.4 Å². The molecule has 0 saturated carbocycles. The van der Waals surface area contributed by atoms with Crippen molar-refractivity contribution in [3.05, 3.63) is 65.0 Å². The molecule has 2 rings (SSSR count). The first-order chi connectivity index (χ1) is 12.0. The monoisotopic (exact) mass is 360 g/mol. The van der Waals surface area contributed by atoms with Crippen LogP contribution in [0.15, 0.2) is 42.5 Å². The van der Waals surface area contributed by atoms with Crippen molar-refractivity contribution in [1.82, 2.24) is 5.32 Å². The van der Waals surface area contributed by atoms with Gasteiger partial charge in [0.2, 0.25) is 0 Å². The number of carbonyl (C=O) groups excluding carboxylic acids is 1. The summed E-state index contributed by atoms with van der Waals surface area (Å²) in [7, 11) is 1.36. The number of ether oxygens (including phenoxy) is 1. The van der Waals surface area contributed by atoms with Gasteiger partial charge in [-0.3, -0.25) is 0 Å². The van der Waals surface area contributed by atoms with Gasteiger partial charge in [-0.05, 0) is 67.4 Å². The molecule has 0 aliphatic carbocycles. The van der Waals surface area contributed by atoms with Crippen LogP contribution in [0.4, 0.5) is 10.1 Å². The highest BCUT2D eigenvalue weighted by atomic mass is 32.1. The van der Waals surface area contributed by atoms with E-state index in [1.165, 1.54) is 19.2 Å². The summed E-state index contributed by atoms with van der Waals surface area (Å²) >= 11 is 5.29. The third kappa shape index (κ3) is 5.53. The number of anilines is 1. The Kier molecular flexibility index (Phi) is 6.89. The van der Waals surface area contributed by atoms with Crippen molar-refractivity contribution < 1.29 is 13.9 Å². The molecule has 0 aromatic heterocycles. The average Bonchev–Trinajstić information content (AvgIpc) is 2.61. The summed E-state index contributed by atoms with van der Waals surface area (Å²) in [6, 6.07) is 11.8. The molecule has 0 unspecified atom stereocenters. The Morgan fingerprint density at radius 1 is 1.20 bits per heavy atom. The molecule has 4 nitrogen and oxygen atoms in total. The van der Waals surface area contributed by atoms with E-state index in [-0.39, 0.29) is 11.8 Å². The van der Waals surface area contributed by atoms with Gasteiger partial charge in [-0.25, -0.2) is 9.18 Å².